The van der Waals surface area contributed by atoms with Crippen molar-refractivity contribution in [1.82, 2.24) is 0 Å². The van der Waals surface area contributed by atoms with Gasteiger partial charge < -0.3 is 9.84 Å². The van der Waals surface area contributed by atoms with Crippen LogP contribution in [0.25, 0.3) is 0 Å². The van der Waals surface area contributed by atoms with Crippen LogP contribution < -0.4 is 0 Å². The van der Waals surface area contributed by atoms with Gasteiger partial charge >= 0.3 is 5.97 Å². The fraction of sp³-hybridized carbons (Fsp3) is 0.720. The van der Waals surface area contributed by atoms with Crippen molar-refractivity contribution in [2.45, 2.75) is 105 Å². The van der Waals surface area contributed by atoms with Crippen LogP contribution in [0.15, 0.2) is 12.1 Å². The highest BCUT2D eigenvalue weighted by molar-refractivity contribution is 5.69. The number of esters is 1. The molecule has 28 heavy (non-hydrogen) atoms. The van der Waals surface area contributed by atoms with E-state index in [0.29, 0.717) is 25.2 Å². The maximum Gasteiger partial charge on any atom is 0.306 e. The molecule has 3 nitrogen and oxygen atoms in total. The Hall–Kier alpha value is -1.51. The zero-order chi connectivity index (χ0) is 20.8. The van der Waals surface area contributed by atoms with E-state index in [4.69, 9.17) is 4.74 Å². The fourth-order valence-corrected chi connectivity index (χ4v) is 3.43. The topological polar surface area (TPSA) is 46.5 Å². The van der Waals surface area contributed by atoms with Crippen LogP contribution in [0.1, 0.15) is 102 Å². The summed E-state index contributed by atoms with van der Waals surface area (Å²) in [4.78, 5) is 12.1. The van der Waals surface area contributed by atoms with Crippen molar-refractivity contribution < 1.29 is 14.6 Å². The molecule has 0 aliphatic heterocycles. The van der Waals surface area contributed by atoms with Crippen molar-refractivity contribution in [3.05, 3.63) is 28.8 Å². The van der Waals surface area contributed by atoms with Gasteiger partial charge in [-0.3, -0.25) is 4.79 Å². The Labute approximate surface area is 172 Å². The van der Waals surface area contributed by atoms with Crippen LogP contribution in [-0.4, -0.2) is 17.7 Å². The van der Waals surface area contributed by atoms with E-state index in [2.05, 4.69) is 39.8 Å². The Bertz CT molecular complexity index is 534. The van der Waals surface area contributed by atoms with Crippen molar-refractivity contribution in [3.63, 3.8) is 0 Å². The third kappa shape index (κ3) is 10.1. The summed E-state index contributed by atoms with van der Waals surface area (Å²) >= 11 is 0. The van der Waals surface area contributed by atoms with Gasteiger partial charge in [0.1, 0.15) is 5.75 Å². The molecule has 0 radical (unpaired) electrons. The van der Waals surface area contributed by atoms with Gasteiger partial charge in [-0.2, -0.15) is 0 Å². The maximum atomic E-state index is 12.1. The highest BCUT2D eigenvalue weighted by Crippen LogP contribution is 2.28. The molecule has 1 aromatic carbocycles. The second-order valence-corrected chi connectivity index (χ2v) is 8.43. The SMILES string of the molecule is CCCCc1cc(CCC(=O)OCCCCCC(C)C)cc(CCCC)c1O. The Morgan fingerprint density at radius 2 is 1.54 bits per heavy atom. The first-order valence-corrected chi connectivity index (χ1v) is 11.5. The Balaban J connectivity index is 2.51. The molecule has 0 fully saturated rings. The first-order valence-electron chi connectivity index (χ1n) is 11.5. The van der Waals surface area contributed by atoms with Gasteiger partial charge in [0.15, 0.2) is 0 Å². The number of aromatic hydroxyl groups is 1. The van der Waals surface area contributed by atoms with E-state index < -0.39 is 0 Å². The molecule has 0 heterocycles. The predicted octanol–water partition coefficient (Wildman–Crippen LogP) is 6.77. The lowest BCUT2D eigenvalue weighted by Gasteiger charge is -2.13. The molecule has 3 heteroatoms. The number of phenolic OH excluding ortho intramolecular Hbond substituents is 1. The number of ether oxygens (including phenoxy) is 1. The predicted molar refractivity (Wildman–Crippen MR) is 118 cm³/mol. The zero-order valence-electron chi connectivity index (χ0n) is 18.7. The summed E-state index contributed by atoms with van der Waals surface area (Å²) in [7, 11) is 0. The standard InChI is InChI=1S/C25H42O3/c1-5-7-13-22-18-21(19-23(25(22)27)14-8-6-2)15-16-24(26)28-17-11-9-10-12-20(3)4/h18-20,27H,5-17H2,1-4H3. The second-order valence-electron chi connectivity index (χ2n) is 8.43. The molecule has 0 aliphatic carbocycles. The van der Waals surface area contributed by atoms with Gasteiger partial charge in [-0.05, 0) is 61.1 Å². The summed E-state index contributed by atoms with van der Waals surface area (Å²) in [6, 6.07) is 4.17. The van der Waals surface area contributed by atoms with Crippen LogP contribution in [0.3, 0.4) is 0 Å². The molecule has 0 saturated heterocycles. The number of rotatable bonds is 15. The number of phenols is 1. The minimum Gasteiger partial charge on any atom is -0.507 e. The first-order chi connectivity index (χ1) is 13.5. The lowest BCUT2D eigenvalue weighted by Crippen LogP contribution is -2.07. The van der Waals surface area contributed by atoms with Gasteiger partial charge in [0.2, 0.25) is 0 Å². The van der Waals surface area contributed by atoms with Gasteiger partial charge in [0, 0.05) is 6.42 Å². The van der Waals surface area contributed by atoms with Crippen LogP contribution >= 0.6 is 0 Å². The molecule has 0 aromatic heterocycles. The molecule has 0 spiro atoms. The number of hydrogen-bond donors (Lipinski definition) is 1. The van der Waals surface area contributed by atoms with E-state index in [0.717, 1.165) is 74.0 Å². The van der Waals surface area contributed by atoms with Gasteiger partial charge in [0.25, 0.3) is 0 Å². The molecule has 0 unspecified atom stereocenters. The van der Waals surface area contributed by atoms with E-state index in [1.807, 2.05) is 0 Å². The molecule has 0 saturated carbocycles. The minimum absolute atomic E-state index is 0.109. The average Bonchev–Trinajstić information content (AvgIpc) is 2.67. The number of carbonyl (C=O) groups excluding carboxylic acids is 1. The molecule has 0 aliphatic rings. The maximum absolute atomic E-state index is 12.1. The zero-order valence-corrected chi connectivity index (χ0v) is 18.7. The van der Waals surface area contributed by atoms with E-state index in [9.17, 15) is 9.90 Å². The van der Waals surface area contributed by atoms with Crippen molar-refractivity contribution in [2.75, 3.05) is 6.61 Å². The molecular formula is C25H42O3. The summed E-state index contributed by atoms with van der Waals surface area (Å²) in [5, 5.41) is 10.6. The van der Waals surface area contributed by atoms with E-state index in [1.54, 1.807) is 0 Å². The molecule has 0 atom stereocenters. The van der Waals surface area contributed by atoms with Crippen molar-refractivity contribution >= 4 is 5.97 Å². The van der Waals surface area contributed by atoms with E-state index in [-0.39, 0.29) is 5.97 Å². The largest absolute Gasteiger partial charge is 0.507 e. The third-order valence-corrected chi connectivity index (χ3v) is 5.23. The van der Waals surface area contributed by atoms with Crippen LogP contribution in [0.5, 0.6) is 5.75 Å². The molecule has 160 valence electrons. The molecule has 1 rings (SSSR count). The van der Waals surface area contributed by atoms with Crippen LogP contribution in [-0.2, 0) is 28.8 Å². The number of hydrogen-bond acceptors (Lipinski definition) is 3. The summed E-state index contributed by atoms with van der Waals surface area (Å²) < 4.78 is 5.40. The van der Waals surface area contributed by atoms with Gasteiger partial charge in [-0.25, -0.2) is 0 Å². The smallest absolute Gasteiger partial charge is 0.306 e. The van der Waals surface area contributed by atoms with Gasteiger partial charge in [-0.15, -0.1) is 0 Å². The normalized spacial score (nSPS) is 11.2. The number of benzene rings is 1. The molecule has 1 aromatic rings. The lowest BCUT2D eigenvalue weighted by molar-refractivity contribution is -0.143. The first kappa shape index (κ1) is 24.5. The van der Waals surface area contributed by atoms with Crippen molar-refractivity contribution in [1.29, 1.82) is 0 Å². The van der Waals surface area contributed by atoms with Gasteiger partial charge in [-0.1, -0.05) is 71.9 Å². The Morgan fingerprint density at radius 1 is 0.929 bits per heavy atom. The number of unbranched alkanes of at least 4 members (excludes halogenated alkanes) is 4. The summed E-state index contributed by atoms with van der Waals surface area (Å²) in [6.07, 6.45) is 11.8. The quantitative estimate of drug-likeness (QED) is 0.265. The Morgan fingerprint density at radius 3 is 2.07 bits per heavy atom. The van der Waals surface area contributed by atoms with Gasteiger partial charge in [0.05, 0.1) is 6.61 Å². The molecule has 1 N–H and O–H groups in total. The minimum atomic E-state index is -0.109. The van der Waals surface area contributed by atoms with Crippen LogP contribution in [0, 0.1) is 5.92 Å². The summed E-state index contributed by atoms with van der Waals surface area (Å²) in [5.41, 5.74) is 3.21. The highest BCUT2D eigenvalue weighted by Gasteiger charge is 2.11. The van der Waals surface area contributed by atoms with E-state index >= 15 is 0 Å². The number of carbonyl (C=O) groups is 1. The van der Waals surface area contributed by atoms with Crippen LogP contribution in [0.4, 0.5) is 0 Å². The van der Waals surface area contributed by atoms with E-state index in [1.165, 1.54) is 12.8 Å². The lowest BCUT2D eigenvalue weighted by atomic mass is 9.95. The summed E-state index contributed by atoms with van der Waals surface area (Å²) in [5.74, 6) is 1.11. The second kappa shape index (κ2) is 14.5. The highest BCUT2D eigenvalue weighted by atomic mass is 16.5. The van der Waals surface area contributed by atoms with Crippen molar-refractivity contribution in [3.8, 4) is 5.75 Å². The van der Waals surface area contributed by atoms with Crippen molar-refractivity contribution in [2.24, 2.45) is 5.92 Å². The molecule has 0 bridgehead atoms. The average molecular weight is 391 g/mol. The Kier molecular flexibility index (Phi) is 12.7. The summed E-state index contributed by atoms with van der Waals surface area (Å²) in [6.45, 7) is 9.35. The fourth-order valence-electron chi connectivity index (χ4n) is 3.43. The molecular weight excluding hydrogens is 348 g/mol. The van der Waals surface area contributed by atoms with Crippen LogP contribution in [0.2, 0.25) is 0 Å². The number of aryl methyl sites for hydroxylation is 3. The third-order valence-electron chi connectivity index (χ3n) is 5.23. The molecule has 0 amide bonds. The monoisotopic (exact) mass is 390 g/mol.